The summed E-state index contributed by atoms with van der Waals surface area (Å²) >= 11 is 0. The third-order valence-electron chi connectivity index (χ3n) is 2.11. The van der Waals surface area contributed by atoms with E-state index in [4.69, 9.17) is 0 Å². The van der Waals surface area contributed by atoms with Crippen LogP contribution in [0.1, 0.15) is 5.69 Å². The van der Waals surface area contributed by atoms with Crippen LogP contribution in [0.3, 0.4) is 0 Å². The molecule has 2 rings (SSSR count). The van der Waals surface area contributed by atoms with Gasteiger partial charge in [-0.05, 0) is 19.2 Å². The molecule has 0 aliphatic heterocycles. The fourth-order valence-corrected chi connectivity index (χ4v) is 1.43. The molecule has 2 aromatic rings. The highest BCUT2D eigenvalue weighted by atomic mass is 16.1. The van der Waals surface area contributed by atoms with Gasteiger partial charge in [0, 0.05) is 30.6 Å². The molecule has 0 fully saturated rings. The van der Waals surface area contributed by atoms with Crippen LogP contribution in [0.2, 0.25) is 0 Å². The summed E-state index contributed by atoms with van der Waals surface area (Å²) in [6.07, 6.45) is 3.33. The average Bonchev–Trinajstić information content (AvgIpc) is 2.30. The van der Waals surface area contributed by atoms with E-state index < -0.39 is 0 Å². The molecular weight excluding hydrogens is 204 g/mol. The summed E-state index contributed by atoms with van der Waals surface area (Å²) in [5.41, 5.74) is 1.43. The van der Waals surface area contributed by atoms with Crippen molar-refractivity contribution >= 4 is 0 Å². The molecule has 0 saturated carbocycles. The van der Waals surface area contributed by atoms with Gasteiger partial charge in [-0.15, -0.1) is 0 Å². The van der Waals surface area contributed by atoms with E-state index in [2.05, 4.69) is 20.3 Å². The van der Waals surface area contributed by atoms with Gasteiger partial charge >= 0.3 is 0 Å². The predicted molar refractivity (Wildman–Crippen MR) is 60.9 cm³/mol. The fraction of sp³-hybridized carbons (Fsp3) is 0.182. The second kappa shape index (κ2) is 4.67. The lowest BCUT2D eigenvalue weighted by atomic mass is 10.2. The molecule has 5 nitrogen and oxygen atoms in total. The van der Waals surface area contributed by atoms with Gasteiger partial charge in [0.15, 0.2) is 0 Å². The number of aromatic amines is 1. The van der Waals surface area contributed by atoms with Crippen LogP contribution in [0.25, 0.3) is 11.4 Å². The standard InChI is InChI=1S/C11H12N4O/c1-12-7-9-6-10(16)15-11(14-9)8-2-4-13-5-3-8/h2-6,12H,7H2,1H3,(H,14,15,16). The monoisotopic (exact) mass is 216 g/mol. The van der Waals surface area contributed by atoms with Crippen molar-refractivity contribution in [3.63, 3.8) is 0 Å². The zero-order valence-corrected chi connectivity index (χ0v) is 8.90. The lowest BCUT2D eigenvalue weighted by Gasteiger charge is -2.03. The number of rotatable bonds is 3. The Morgan fingerprint density at radius 1 is 1.38 bits per heavy atom. The molecule has 16 heavy (non-hydrogen) atoms. The summed E-state index contributed by atoms with van der Waals surface area (Å²) in [7, 11) is 1.81. The summed E-state index contributed by atoms with van der Waals surface area (Å²) in [5.74, 6) is 0.570. The predicted octanol–water partition coefficient (Wildman–Crippen LogP) is 0.551. The van der Waals surface area contributed by atoms with E-state index in [1.807, 2.05) is 7.05 Å². The number of pyridine rings is 1. The van der Waals surface area contributed by atoms with Crippen LogP contribution in [-0.2, 0) is 6.54 Å². The number of hydrogen-bond donors (Lipinski definition) is 2. The second-order valence-corrected chi connectivity index (χ2v) is 3.35. The molecule has 0 aromatic carbocycles. The van der Waals surface area contributed by atoms with Gasteiger partial charge in [-0.3, -0.25) is 9.78 Å². The van der Waals surface area contributed by atoms with Crippen LogP contribution >= 0.6 is 0 Å². The zero-order valence-electron chi connectivity index (χ0n) is 8.90. The molecule has 0 saturated heterocycles. The molecular formula is C11H12N4O. The molecule has 0 radical (unpaired) electrons. The summed E-state index contributed by atoms with van der Waals surface area (Å²) in [4.78, 5) is 22.4. The van der Waals surface area contributed by atoms with Crippen molar-refractivity contribution in [2.24, 2.45) is 0 Å². The normalized spacial score (nSPS) is 10.3. The van der Waals surface area contributed by atoms with Crippen molar-refractivity contribution in [2.75, 3.05) is 7.05 Å². The first kappa shape index (κ1) is 10.5. The maximum atomic E-state index is 11.4. The SMILES string of the molecule is CNCc1cc(=O)[nH]c(-c2ccncc2)n1. The van der Waals surface area contributed by atoms with E-state index in [9.17, 15) is 4.79 Å². The number of hydrogen-bond acceptors (Lipinski definition) is 4. The number of aromatic nitrogens is 3. The summed E-state index contributed by atoms with van der Waals surface area (Å²) < 4.78 is 0. The van der Waals surface area contributed by atoms with E-state index in [-0.39, 0.29) is 5.56 Å². The topological polar surface area (TPSA) is 70.7 Å². The lowest BCUT2D eigenvalue weighted by molar-refractivity contribution is 0.785. The van der Waals surface area contributed by atoms with E-state index >= 15 is 0 Å². The highest BCUT2D eigenvalue weighted by molar-refractivity contribution is 5.53. The summed E-state index contributed by atoms with van der Waals surface area (Å²) in [6, 6.07) is 5.10. The van der Waals surface area contributed by atoms with Crippen LogP contribution in [0.15, 0.2) is 35.4 Å². The summed E-state index contributed by atoms with van der Waals surface area (Å²) in [6.45, 7) is 0.571. The Morgan fingerprint density at radius 3 is 2.81 bits per heavy atom. The van der Waals surface area contributed by atoms with E-state index in [1.54, 1.807) is 24.5 Å². The Balaban J connectivity index is 2.45. The molecule has 2 heterocycles. The fourth-order valence-electron chi connectivity index (χ4n) is 1.43. The van der Waals surface area contributed by atoms with Crippen molar-refractivity contribution < 1.29 is 0 Å². The zero-order chi connectivity index (χ0) is 11.4. The van der Waals surface area contributed by atoms with Gasteiger partial charge in [-0.2, -0.15) is 0 Å². The molecule has 0 unspecified atom stereocenters. The Hall–Kier alpha value is -2.01. The highest BCUT2D eigenvalue weighted by Gasteiger charge is 2.02. The number of H-pyrrole nitrogens is 1. The Labute approximate surface area is 92.6 Å². The minimum Gasteiger partial charge on any atom is -0.314 e. The smallest absolute Gasteiger partial charge is 0.251 e. The van der Waals surface area contributed by atoms with Crippen LogP contribution < -0.4 is 10.9 Å². The van der Waals surface area contributed by atoms with E-state index in [1.165, 1.54) is 6.07 Å². The number of nitrogens with one attached hydrogen (secondary N) is 2. The Bertz CT molecular complexity index is 521. The third kappa shape index (κ3) is 2.32. The molecule has 0 atom stereocenters. The summed E-state index contributed by atoms with van der Waals surface area (Å²) in [5, 5.41) is 2.96. The minimum absolute atomic E-state index is 0.146. The van der Waals surface area contributed by atoms with Gasteiger partial charge in [0.1, 0.15) is 5.82 Å². The van der Waals surface area contributed by atoms with Crippen LogP contribution in [0.5, 0.6) is 0 Å². The van der Waals surface area contributed by atoms with Gasteiger partial charge in [0.05, 0.1) is 5.69 Å². The maximum absolute atomic E-state index is 11.4. The molecule has 0 aliphatic carbocycles. The first-order valence-corrected chi connectivity index (χ1v) is 4.95. The molecule has 2 aromatic heterocycles. The minimum atomic E-state index is -0.146. The number of nitrogens with zero attached hydrogens (tertiary/aromatic N) is 2. The first-order chi connectivity index (χ1) is 7.79. The van der Waals surface area contributed by atoms with Crippen molar-refractivity contribution in [1.82, 2.24) is 20.3 Å². The van der Waals surface area contributed by atoms with Gasteiger partial charge in [-0.25, -0.2) is 4.98 Å². The molecule has 82 valence electrons. The first-order valence-electron chi connectivity index (χ1n) is 4.95. The van der Waals surface area contributed by atoms with Gasteiger partial charge in [0.25, 0.3) is 5.56 Å². The van der Waals surface area contributed by atoms with Crippen LogP contribution in [0.4, 0.5) is 0 Å². The quantitative estimate of drug-likeness (QED) is 0.786. The van der Waals surface area contributed by atoms with Gasteiger partial charge in [0.2, 0.25) is 0 Å². The Kier molecular flexibility index (Phi) is 3.07. The second-order valence-electron chi connectivity index (χ2n) is 3.35. The Morgan fingerprint density at radius 2 is 2.12 bits per heavy atom. The van der Waals surface area contributed by atoms with Crippen LogP contribution in [-0.4, -0.2) is 22.0 Å². The average molecular weight is 216 g/mol. The van der Waals surface area contributed by atoms with Crippen molar-refractivity contribution in [3.05, 3.63) is 46.6 Å². The van der Waals surface area contributed by atoms with Gasteiger partial charge in [-0.1, -0.05) is 0 Å². The maximum Gasteiger partial charge on any atom is 0.251 e. The van der Waals surface area contributed by atoms with Crippen molar-refractivity contribution in [3.8, 4) is 11.4 Å². The molecule has 0 bridgehead atoms. The largest absolute Gasteiger partial charge is 0.314 e. The van der Waals surface area contributed by atoms with Crippen molar-refractivity contribution in [2.45, 2.75) is 6.54 Å². The molecule has 0 spiro atoms. The van der Waals surface area contributed by atoms with Crippen LogP contribution in [0, 0.1) is 0 Å². The molecule has 0 amide bonds. The lowest BCUT2D eigenvalue weighted by Crippen LogP contribution is -2.14. The van der Waals surface area contributed by atoms with E-state index in [0.29, 0.717) is 12.4 Å². The molecule has 5 heteroatoms. The van der Waals surface area contributed by atoms with Gasteiger partial charge < -0.3 is 10.3 Å². The van der Waals surface area contributed by atoms with Crippen molar-refractivity contribution in [1.29, 1.82) is 0 Å². The van der Waals surface area contributed by atoms with E-state index in [0.717, 1.165) is 11.3 Å². The highest BCUT2D eigenvalue weighted by Crippen LogP contribution is 2.11. The third-order valence-corrected chi connectivity index (χ3v) is 2.11. The molecule has 0 aliphatic rings. The molecule has 2 N–H and O–H groups in total.